The monoisotopic (exact) mass is 185 g/mol. The predicted molar refractivity (Wildman–Crippen MR) is 61.0 cm³/mol. The number of hydrogen-bond acceptors (Lipinski definition) is 1. The topological polar surface area (TPSA) is 12.0 Å². The Morgan fingerprint density at radius 3 is 2.15 bits per heavy atom. The Hall–Kier alpha value is -0.0400. The van der Waals surface area contributed by atoms with Crippen molar-refractivity contribution in [1.82, 2.24) is 5.32 Å². The van der Waals surface area contributed by atoms with Crippen LogP contribution in [0.5, 0.6) is 0 Å². The second-order valence-electron chi connectivity index (χ2n) is 4.38. The van der Waals surface area contributed by atoms with E-state index >= 15 is 0 Å². The lowest BCUT2D eigenvalue weighted by atomic mass is 9.86. The van der Waals surface area contributed by atoms with Crippen LogP contribution >= 0.6 is 0 Å². The summed E-state index contributed by atoms with van der Waals surface area (Å²) in [6, 6.07) is 0.671. The molecule has 1 nitrogen and oxygen atoms in total. The van der Waals surface area contributed by atoms with Crippen LogP contribution < -0.4 is 5.32 Å². The molecule has 1 heteroatoms. The van der Waals surface area contributed by atoms with Gasteiger partial charge in [-0.3, -0.25) is 0 Å². The van der Waals surface area contributed by atoms with Gasteiger partial charge in [0.1, 0.15) is 0 Å². The van der Waals surface area contributed by atoms with Gasteiger partial charge in [0.05, 0.1) is 0 Å². The van der Waals surface area contributed by atoms with E-state index in [9.17, 15) is 0 Å². The fraction of sp³-hybridized carbons (Fsp3) is 1.00. The molecule has 0 spiro atoms. The van der Waals surface area contributed by atoms with Gasteiger partial charge in [0.25, 0.3) is 0 Å². The van der Waals surface area contributed by atoms with Crippen LogP contribution in [0.15, 0.2) is 0 Å². The first kappa shape index (κ1) is 13.0. The number of rotatable bonds is 7. The van der Waals surface area contributed by atoms with E-state index < -0.39 is 0 Å². The van der Waals surface area contributed by atoms with Crippen LogP contribution in [0.25, 0.3) is 0 Å². The van der Waals surface area contributed by atoms with Crippen molar-refractivity contribution in [2.24, 2.45) is 11.8 Å². The van der Waals surface area contributed by atoms with Crippen molar-refractivity contribution < 1.29 is 0 Å². The molecule has 80 valence electrons. The summed E-state index contributed by atoms with van der Waals surface area (Å²) >= 11 is 0. The Labute approximate surface area is 84.3 Å². The molecular weight excluding hydrogens is 158 g/mol. The molecule has 0 aromatic rings. The molecule has 13 heavy (non-hydrogen) atoms. The van der Waals surface area contributed by atoms with E-state index in [2.05, 4.69) is 40.1 Å². The third-order valence-corrected chi connectivity index (χ3v) is 3.17. The Kier molecular flexibility index (Phi) is 7.35. The quantitative estimate of drug-likeness (QED) is 0.640. The Balaban J connectivity index is 3.82. The first-order valence-corrected chi connectivity index (χ1v) is 5.82. The molecule has 0 aliphatic heterocycles. The molecule has 0 rings (SSSR count). The molecular formula is C12H27N. The molecule has 3 unspecified atom stereocenters. The largest absolute Gasteiger partial charge is 0.317 e. The number of hydrogen-bond donors (Lipinski definition) is 1. The zero-order valence-electron chi connectivity index (χ0n) is 10.1. The van der Waals surface area contributed by atoms with Gasteiger partial charge in [-0.1, -0.05) is 40.0 Å². The summed E-state index contributed by atoms with van der Waals surface area (Å²) in [7, 11) is 2.07. The van der Waals surface area contributed by atoms with E-state index in [1.54, 1.807) is 0 Å². The van der Waals surface area contributed by atoms with Crippen LogP contribution in [-0.2, 0) is 0 Å². The maximum atomic E-state index is 3.36. The van der Waals surface area contributed by atoms with Gasteiger partial charge < -0.3 is 5.32 Å². The summed E-state index contributed by atoms with van der Waals surface area (Å²) < 4.78 is 0. The lowest BCUT2D eigenvalue weighted by Crippen LogP contribution is -2.31. The van der Waals surface area contributed by atoms with Crippen molar-refractivity contribution >= 4 is 0 Å². The third kappa shape index (κ3) is 5.30. The first-order valence-electron chi connectivity index (χ1n) is 5.82. The fourth-order valence-electron chi connectivity index (χ4n) is 2.09. The van der Waals surface area contributed by atoms with E-state index in [0.717, 1.165) is 11.8 Å². The SMILES string of the molecule is CCCC(C)CC(CC)C(C)NC. The molecule has 0 fully saturated rings. The summed E-state index contributed by atoms with van der Waals surface area (Å²) in [6.45, 7) is 9.26. The maximum absolute atomic E-state index is 3.36. The summed E-state index contributed by atoms with van der Waals surface area (Å²) in [5.41, 5.74) is 0. The van der Waals surface area contributed by atoms with E-state index in [1.807, 2.05) is 0 Å². The molecule has 0 bridgehead atoms. The highest BCUT2D eigenvalue weighted by molar-refractivity contribution is 4.71. The summed E-state index contributed by atoms with van der Waals surface area (Å²) in [5.74, 6) is 1.75. The summed E-state index contributed by atoms with van der Waals surface area (Å²) in [6.07, 6.45) is 5.39. The minimum Gasteiger partial charge on any atom is -0.317 e. The molecule has 0 saturated carbocycles. The van der Waals surface area contributed by atoms with Crippen LogP contribution in [0.4, 0.5) is 0 Å². The second kappa shape index (κ2) is 7.37. The highest BCUT2D eigenvalue weighted by Gasteiger charge is 2.16. The van der Waals surface area contributed by atoms with Crippen molar-refractivity contribution in [1.29, 1.82) is 0 Å². The average molecular weight is 185 g/mol. The van der Waals surface area contributed by atoms with E-state index in [4.69, 9.17) is 0 Å². The van der Waals surface area contributed by atoms with Crippen LogP contribution in [-0.4, -0.2) is 13.1 Å². The van der Waals surface area contributed by atoms with Gasteiger partial charge in [-0.15, -0.1) is 0 Å². The molecule has 0 saturated heterocycles. The lowest BCUT2D eigenvalue weighted by molar-refractivity contribution is 0.301. The van der Waals surface area contributed by atoms with Gasteiger partial charge in [0.15, 0.2) is 0 Å². The van der Waals surface area contributed by atoms with Gasteiger partial charge in [-0.2, -0.15) is 0 Å². The van der Waals surface area contributed by atoms with Gasteiger partial charge in [0, 0.05) is 6.04 Å². The van der Waals surface area contributed by atoms with Crippen molar-refractivity contribution in [2.45, 2.75) is 59.4 Å². The van der Waals surface area contributed by atoms with Crippen molar-refractivity contribution in [3.63, 3.8) is 0 Å². The van der Waals surface area contributed by atoms with Crippen LogP contribution in [0.1, 0.15) is 53.4 Å². The molecule has 1 N–H and O–H groups in total. The molecule has 0 aliphatic rings. The standard InChI is InChI=1S/C12H27N/c1-6-8-10(3)9-12(7-2)11(4)13-5/h10-13H,6-9H2,1-5H3. The van der Waals surface area contributed by atoms with Gasteiger partial charge in [-0.05, 0) is 32.2 Å². The summed E-state index contributed by atoms with van der Waals surface area (Å²) in [4.78, 5) is 0. The Bertz CT molecular complexity index is 112. The van der Waals surface area contributed by atoms with Crippen LogP contribution in [0, 0.1) is 11.8 Å². The smallest absolute Gasteiger partial charge is 0.00639 e. The van der Waals surface area contributed by atoms with E-state index in [-0.39, 0.29) is 0 Å². The zero-order valence-corrected chi connectivity index (χ0v) is 10.1. The molecule has 0 aromatic heterocycles. The second-order valence-corrected chi connectivity index (χ2v) is 4.38. The van der Waals surface area contributed by atoms with Crippen LogP contribution in [0.3, 0.4) is 0 Å². The third-order valence-electron chi connectivity index (χ3n) is 3.17. The fourth-order valence-corrected chi connectivity index (χ4v) is 2.09. The van der Waals surface area contributed by atoms with Crippen molar-refractivity contribution in [2.75, 3.05) is 7.05 Å². The molecule has 3 atom stereocenters. The van der Waals surface area contributed by atoms with E-state index in [1.165, 1.54) is 25.7 Å². The minimum absolute atomic E-state index is 0.671. The van der Waals surface area contributed by atoms with E-state index in [0.29, 0.717) is 6.04 Å². The van der Waals surface area contributed by atoms with Gasteiger partial charge in [0.2, 0.25) is 0 Å². The lowest BCUT2D eigenvalue weighted by Gasteiger charge is -2.25. The molecule has 0 amide bonds. The Morgan fingerprint density at radius 1 is 1.15 bits per heavy atom. The summed E-state index contributed by atoms with van der Waals surface area (Å²) in [5, 5.41) is 3.36. The Morgan fingerprint density at radius 2 is 1.77 bits per heavy atom. The minimum atomic E-state index is 0.671. The molecule has 0 radical (unpaired) electrons. The predicted octanol–water partition coefficient (Wildman–Crippen LogP) is 3.45. The first-order chi connectivity index (χ1) is 6.15. The van der Waals surface area contributed by atoms with Gasteiger partial charge in [-0.25, -0.2) is 0 Å². The zero-order chi connectivity index (χ0) is 10.3. The van der Waals surface area contributed by atoms with Crippen molar-refractivity contribution in [3.05, 3.63) is 0 Å². The molecule has 0 aromatic carbocycles. The van der Waals surface area contributed by atoms with Gasteiger partial charge >= 0.3 is 0 Å². The van der Waals surface area contributed by atoms with Crippen molar-refractivity contribution in [3.8, 4) is 0 Å². The average Bonchev–Trinajstić information content (AvgIpc) is 2.13. The normalized spacial score (nSPS) is 18.2. The molecule has 0 aliphatic carbocycles. The van der Waals surface area contributed by atoms with Crippen LogP contribution in [0.2, 0.25) is 0 Å². The highest BCUT2D eigenvalue weighted by Crippen LogP contribution is 2.21. The number of nitrogens with one attached hydrogen (secondary N) is 1. The highest BCUT2D eigenvalue weighted by atomic mass is 14.9. The molecule has 0 heterocycles. The maximum Gasteiger partial charge on any atom is 0.00639 e.